The molecule has 9 heteroatoms. The molecule has 1 aliphatic carbocycles. The number of methoxy groups -OCH3 is 1. The molecule has 1 saturated carbocycles. The molecule has 0 N–H and O–H groups in total. The summed E-state index contributed by atoms with van der Waals surface area (Å²) in [6.07, 6.45) is 5.71. The van der Waals surface area contributed by atoms with Crippen molar-refractivity contribution in [1.82, 2.24) is 19.5 Å². The van der Waals surface area contributed by atoms with Crippen molar-refractivity contribution in [2.24, 2.45) is 13.0 Å². The average Bonchev–Trinajstić information content (AvgIpc) is 3.59. The van der Waals surface area contributed by atoms with E-state index in [0.717, 1.165) is 17.9 Å². The minimum Gasteiger partial charge on any atom is -0.495 e. The molecule has 2 atom stereocenters. The molecule has 0 bridgehead atoms. The summed E-state index contributed by atoms with van der Waals surface area (Å²) in [6, 6.07) is 5.25. The summed E-state index contributed by atoms with van der Waals surface area (Å²) < 4.78 is 17.8. The third-order valence-corrected chi connectivity index (χ3v) is 5.62. The van der Waals surface area contributed by atoms with Gasteiger partial charge in [-0.25, -0.2) is 9.78 Å². The van der Waals surface area contributed by atoms with E-state index in [4.69, 9.17) is 14.2 Å². The number of nitrogens with zero attached hydrogens (tertiary/aromatic N) is 4. The highest BCUT2D eigenvalue weighted by Crippen LogP contribution is 2.47. The number of esters is 1. The number of hydrogen-bond donors (Lipinski definition) is 0. The minimum atomic E-state index is -0.525. The van der Waals surface area contributed by atoms with Gasteiger partial charge in [0.2, 0.25) is 5.88 Å². The van der Waals surface area contributed by atoms with Gasteiger partial charge >= 0.3 is 5.97 Å². The van der Waals surface area contributed by atoms with Crippen LogP contribution in [0.2, 0.25) is 0 Å². The van der Waals surface area contributed by atoms with Gasteiger partial charge in [-0.2, -0.15) is 4.98 Å². The summed E-state index contributed by atoms with van der Waals surface area (Å²) in [5, 5.41) is 0. The van der Waals surface area contributed by atoms with Crippen LogP contribution in [0.15, 0.2) is 41.6 Å². The van der Waals surface area contributed by atoms with E-state index in [1.807, 2.05) is 12.1 Å². The van der Waals surface area contributed by atoms with Crippen molar-refractivity contribution in [2.45, 2.75) is 26.2 Å². The molecule has 0 amide bonds. The van der Waals surface area contributed by atoms with Crippen LogP contribution in [0.1, 0.15) is 41.1 Å². The molecule has 3 aromatic rings. The molecule has 0 radical (unpaired) electrons. The molecule has 0 spiro atoms. The molecule has 1 unspecified atom stereocenters. The Morgan fingerprint density at radius 2 is 2.03 bits per heavy atom. The van der Waals surface area contributed by atoms with Crippen LogP contribution in [-0.4, -0.2) is 45.8 Å². The average molecular weight is 450 g/mol. The Kier molecular flexibility index (Phi) is 6.39. The van der Waals surface area contributed by atoms with Gasteiger partial charge in [-0.1, -0.05) is 0 Å². The van der Waals surface area contributed by atoms with Gasteiger partial charge in [0.1, 0.15) is 11.6 Å². The lowest BCUT2D eigenvalue weighted by molar-refractivity contribution is 0.0526. The lowest BCUT2D eigenvalue weighted by Gasteiger charge is -2.14. The fraction of sp³-hybridized carbons (Fsp3) is 0.375. The molecule has 4 rings (SSSR count). The number of carbonyl (C=O) groups excluding carboxylic acids is 1. The van der Waals surface area contributed by atoms with E-state index in [0.29, 0.717) is 41.3 Å². The lowest BCUT2D eigenvalue weighted by Crippen LogP contribution is -2.20. The second kappa shape index (κ2) is 9.40. The van der Waals surface area contributed by atoms with E-state index in [1.54, 1.807) is 40.4 Å². The van der Waals surface area contributed by atoms with Crippen LogP contribution in [0.4, 0.5) is 0 Å². The summed E-state index contributed by atoms with van der Waals surface area (Å²) in [6.45, 7) is 4.14. The van der Waals surface area contributed by atoms with Gasteiger partial charge in [0.25, 0.3) is 5.56 Å². The predicted molar refractivity (Wildman–Crippen MR) is 121 cm³/mol. The first-order valence-electron chi connectivity index (χ1n) is 10.8. The standard InChI is InChI=1S/C24H26N4O5/c1-5-32-24(30)20-12-28(3)22(29)9-18(20)19-11-25-14(2)27-23(19)33-13-15-8-17(15)21-7-6-16(31-4)10-26-21/h6-7,9-12,15,17H,5,8,13H2,1-4H3/t15?,17-/m0/s1. The first kappa shape index (κ1) is 22.4. The molecule has 172 valence electrons. The fourth-order valence-electron chi connectivity index (χ4n) is 3.68. The molecule has 9 nitrogen and oxygen atoms in total. The topological polar surface area (TPSA) is 105 Å². The summed E-state index contributed by atoms with van der Waals surface area (Å²) >= 11 is 0. The highest BCUT2D eigenvalue weighted by atomic mass is 16.5. The van der Waals surface area contributed by atoms with Gasteiger partial charge in [0, 0.05) is 48.6 Å². The monoisotopic (exact) mass is 450 g/mol. The third kappa shape index (κ3) is 4.87. The van der Waals surface area contributed by atoms with Gasteiger partial charge in [-0.15, -0.1) is 0 Å². The summed E-state index contributed by atoms with van der Waals surface area (Å²) in [5.74, 6) is 1.65. The SMILES string of the molecule is CCOC(=O)c1cn(C)c(=O)cc1-c1cnc(C)nc1OCC1C[C@@H]1c1ccc(OC)cn1. The van der Waals surface area contributed by atoms with Crippen molar-refractivity contribution >= 4 is 5.97 Å². The van der Waals surface area contributed by atoms with Crippen molar-refractivity contribution < 1.29 is 19.0 Å². The van der Waals surface area contributed by atoms with E-state index < -0.39 is 5.97 Å². The maximum absolute atomic E-state index is 12.6. The smallest absolute Gasteiger partial charge is 0.340 e. The van der Waals surface area contributed by atoms with Gasteiger partial charge in [0.05, 0.1) is 37.6 Å². The van der Waals surface area contributed by atoms with Crippen LogP contribution < -0.4 is 15.0 Å². The van der Waals surface area contributed by atoms with Crippen molar-refractivity contribution in [3.8, 4) is 22.8 Å². The van der Waals surface area contributed by atoms with E-state index in [1.165, 1.54) is 16.8 Å². The van der Waals surface area contributed by atoms with E-state index in [2.05, 4.69) is 15.0 Å². The molecular formula is C24H26N4O5. The molecule has 3 aromatic heterocycles. The number of hydrogen-bond acceptors (Lipinski definition) is 8. The Balaban J connectivity index is 1.58. The second-order valence-corrected chi connectivity index (χ2v) is 7.94. The molecule has 3 heterocycles. The van der Waals surface area contributed by atoms with Crippen LogP contribution in [0.3, 0.4) is 0 Å². The first-order valence-corrected chi connectivity index (χ1v) is 10.8. The first-order chi connectivity index (χ1) is 15.9. The number of carbonyl (C=O) groups is 1. The zero-order valence-electron chi connectivity index (χ0n) is 19.1. The van der Waals surface area contributed by atoms with Crippen LogP contribution in [0.5, 0.6) is 11.6 Å². The predicted octanol–water partition coefficient (Wildman–Crippen LogP) is 2.91. The zero-order chi connectivity index (χ0) is 23.5. The van der Waals surface area contributed by atoms with Crippen LogP contribution in [0, 0.1) is 12.8 Å². The molecule has 33 heavy (non-hydrogen) atoms. The summed E-state index contributed by atoms with van der Waals surface area (Å²) in [4.78, 5) is 38.1. The third-order valence-electron chi connectivity index (χ3n) is 5.62. The number of ether oxygens (including phenoxy) is 3. The minimum absolute atomic E-state index is 0.220. The Hall–Kier alpha value is -3.75. The van der Waals surface area contributed by atoms with Gasteiger partial charge in [-0.05, 0) is 32.4 Å². The second-order valence-electron chi connectivity index (χ2n) is 7.94. The van der Waals surface area contributed by atoms with Crippen LogP contribution >= 0.6 is 0 Å². The fourth-order valence-corrected chi connectivity index (χ4v) is 3.68. The van der Waals surface area contributed by atoms with Crippen molar-refractivity contribution in [3.05, 3.63) is 64.2 Å². The number of pyridine rings is 2. The maximum Gasteiger partial charge on any atom is 0.340 e. The van der Waals surface area contributed by atoms with E-state index in [9.17, 15) is 9.59 Å². The summed E-state index contributed by atoms with van der Waals surface area (Å²) in [5.41, 5.74) is 1.84. The number of aromatic nitrogens is 4. The van der Waals surface area contributed by atoms with Crippen LogP contribution in [0.25, 0.3) is 11.1 Å². The maximum atomic E-state index is 12.6. The zero-order valence-corrected chi connectivity index (χ0v) is 19.1. The molecule has 1 fully saturated rings. The molecule has 0 saturated heterocycles. The number of rotatable bonds is 8. The lowest BCUT2D eigenvalue weighted by atomic mass is 10.0. The quantitative estimate of drug-likeness (QED) is 0.483. The highest BCUT2D eigenvalue weighted by Gasteiger charge is 2.40. The number of aryl methyl sites for hydroxylation is 2. The van der Waals surface area contributed by atoms with Gasteiger partial charge < -0.3 is 18.8 Å². The van der Waals surface area contributed by atoms with Crippen molar-refractivity contribution in [3.63, 3.8) is 0 Å². The Morgan fingerprint density at radius 1 is 1.21 bits per heavy atom. The highest BCUT2D eigenvalue weighted by molar-refractivity contribution is 5.97. The Labute approximate surface area is 191 Å². The van der Waals surface area contributed by atoms with Crippen LogP contribution in [-0.2, 0) is 11.8 Å². The normalized spacial score (nSPS) is 16.8. The largest absolute Gasteiger partial charge is 0.495 e. The molecule has 1 aliphatic rings. The Bertz CT molecular complexity index is 1220. The van der Waals surface area contributed by atoms with Crippen molar-refractivity contribution in [2.75, 3.05) is 20.3 Å². The van der Waals surface area contributed by atoms with Gasteiger partial charge in [0.15, 0.2) is 0 Å². The Morgan fingerprint density at radius 3 is 2.73 bits per heavy atom. The molecule has 0 aliphatic heterocycles. The molecule has 0 aromatic carbocycles. The van der Waals surface area contributed by atoms with E-state index in [-0.39, 0.29) is 17.7 Å². The molecular weight excluding hydrogens is 424 g/mol. The van der Waals surface area contributed by atoms with Gasteiger partial charge in [-0.3, -0.25) is 9.78 Å². The van der Waals surface area contributed by atoms with Crippen molar-refractivity contribution in [1.29, 1.82) is 0 Å². The summed E-state index contributed by atoms with van der Waals surface area (Å²) in [7, 11) is 3.19. The van der Waals surface area contributed by atoms with E-state index >= 15 is 0 Å².